The van der Waals surface area contributed by atoms with E-state index in [0.29, 0.717) is 17.3 Å². The van der Waals surface area contributed by atoms with E-state index in [1.807, 2.05) is 6.07 Å². The number of aliphatic hydroxyl groups is 1. The van der Waals surface area contributed by atoms with Crippen molar-refractivity contribution in [1.82, 2.24) is 0 Å². The molecule has 1 aliphatic carbocycles. The average Bonchev–Trinajstić information content (AvgIpc) is 3.31. The summed E-state index contributed by atoms with van der Waals surface area (Å²) < 4.78 is 0. The summed E-state index contributed by atoms with van der Waals surface area (Å²) in [6.45, 7) is 6.77. The molecule has 1 aromatic carbocycles. The zero-order valence-corrected chi connectivity index (χ0v) is 23.2. The number of aryl methyl sites for hydroxylation is 1. The molecule has 1 aromatic heterocycles. The Morgan fingerprint density at radius 3 is 2.50 bits per heavy atom. The molecule has 4 atom stereocenters. The van der Waals surface area contributed by atoms with Gasteiger partial charge in [0, 0.05) is 44.0 Å². The van der Waals surface area contributed by atoms with Gasteiger partial charge in [-0.15, -0.1) is 21.9 Å². The van der Waals surface area contributed by atoms with E-state index >= 15 is 0 Å². The van der Waals surface area contributed by atoms with Crippen molar-refractivity contribution in [2.45, 2.75) is 89.5 Å². The quantitative estimate of drug-likeness (QED) is 0.263. The molecule has 4 heteroatoms. The molecule has 30 heavy (non-hydrogen) atoms. The summed E-state index contributed by atoms with van der Waals surface area (Å²) in [5, 5.41) is 14.0. The molecule has 163 valence electrons. The SMILES string of the molecule is CC(C)(C)CCCC(O)c1ccc(C2C(Cl)CCC2CCCc2cc[c-]s2)cc1.[Y]. The number of hydrogen-bond acceptors (Lipinski definition) is 2. The Kier molecular flexibility index (Phi) is 11.0. The minimum absolute atomic E-state index is 0. The van der Waals surface area contributed by atoms with Gasteiger partial charge in [-0.25, -0.2) is 6.07 Å². The van der Waals surface area contributed by atoms with Crippen LogP contribution in [0.15, 0.2) is 36.4 Å². The summed E-state index contributed by atoms with van der Waals surface area (Å²) in [5.41, 5.74) is 2.72. The van der Waals surface area contributed by atoms with E-state index in [1.165, 1.54) is 29.7 Å². The van der Waals surface area contributed by atoms with Gasteiger partial charge in [-0.3, -0.25) is 0 Å². The van der Waals surface area contributed by atoms with Gasteiger partial charge in [-0.1, -0.05) is 70.7 Å². The summed E-state index contributed by atoms with van der Waals surface area (Å²) in [5.74, 6) is 1.11. The van der Waals surface area contributed by atoms with Crippen LogP contribution in [0.1, 0.15) is 93.7 Å². The van der Waals surface area contributed by atoms with Crippen LogP contribution < -0.4 is 0 Å². The molecule has 0 amide bonds. The second-order valence-electron chi connectivity index (χ2n) is 9.93. The van der Waals surface area contributed by atoms with Crippen LogP contribution in [-0.4, -0.2) is 10.5 Å². The van der Waals surface area contributed by atoms with Gasteiger partial charge < -0.3 is 16.4 Å². The van der Waals surface area contributed by atoms with Crippen LogP contribution in [0.5, 0.6) is 0 Å². The minimum Gasteiger partial charge on any atom is -0.388 e. The Hall–Kier alpha value is 0.274. The zero-order valence-electron chi connectivity index (χ0n) is 18.7. The molecule has 1 nitrogen and oxygen atoms in total. The topological polar surface area (TPSA) is 20.2 Å². The van der Waals surface area contributed by atoms with Gasteiger partial charge in [0.2, 0.25) is 0 Å². The molecule has 0 saturated heterocycles. The Morgan fingerprint density at radius 1 is 1.13 bits per heavy atom. The number of alkyl halides is 1. The van der Waals surface area contributed by atoms with Gasteiger partial charge in [0.1, 0.15) is 0 Å². The van der Waals surface area contributed by atoms with Crippen molar-refractivity contribution in [3.63, 3.8) is 0 Å². The first-order valence-corrected chi connectivity index (χ1v) is 12.5. The number of benzene rings is 1. The predicted octanol–water partition coefficient (Wildman–Crippen LogP) is 7.92. The molecular weight excluding hydrogens is 485 g/mol. The Balaban J connectivity index is 0.00000320. The Bertz CT molecular complexity index is 722. The average molecular weight is 521 g/mol. The maximum absolute atomic E-state index is 10.6. The van der Waals surface area contributed by atoms with Crippen LogP contribution in [0.3, 0.4) is 0 Å². The summed E-state index contributed by atoms with van der Waals surface area (Å²) in [6, 6.07) is 12.9. The largest absolute Gasteiger partial charge is 0.388 e. The fourth-order valence-electron chi connectivity index (χ4n) is 4.71. The van der Waals surface area contributed by atoms with E-state index in [2.05, 4.69) is 56.5 Å². The molecule has 4 unspecified atom stereocenters. The molecule has 0 aliphatic heterocycles. The number of rotatable bonds is 9. The summed E-state index contributed by atoms with van der Waals surface area (Å²) in [7, 11) is 0. The van der Waals surface area contributed by atoms with Gasteiger partial charge in [0.05, 0.1) is 6.10 Å². The third-order valence-electron chi connectivity index (χ3n) is 6.35. The Labute approximate surface area is 217 Å². The van der Waals surface area contributed by atoms with Crippen molar-refractivity contribution < 1.29 is 37.8 Å². The second kappa shape index (κ2) is 12.5. The molecule has 1 saturated carbocycles. The summed E-state index contributed by atoms with van der Waals surface area (Å²) >= 11 is 8.49. The van der Waals surface area contributed by atoms with Crippen LogP contribution in [0.4, 0.5) is 0 Å². The molecule has 0 bridgehead atoms. The van der Waals surface area contributed by atoms with Crippen LogP contribution in [0.2, 0.25) is 0 Å². The fourth-order valence-corrected chi connectivity index (χ4v) is 5.86. The van der Waals surface area contributed by atoms with Crippen LogP contribution in [0.25, 0.3) is 0 Å². The third-order valence-corrected chi connectivity index (χ3v) is 7.69. The number of aliphatic hydroxyl groups excluding tert-OH is 1. The van der Waals surface area contributed by atoms with Crippen molar-refractivity contribution in [3.8, 4) is 0 Å². The van der Waals surface area contributed by atoms with Gasteiger partial charge in [0.15, 0.2) is 0 Å². The summed E-state index contributed by atoms with van der Waals surface area (Å²) in [6.07, 6.45) is 8.64. The third kappa shape index (κ3) is 8.00. The second-order valence-corrected chi connectivity index (χ2v) is 11.5. The van der Waals surface area contributed by atoms with Crippen LogP contribution >= 0.6 is 22.9 Å². The van der Waals surface area contributed by atoms with Crippen molar-refractivity contribution >= 4 is 22.9 Å². The van der Waals surface area contributed by atoms with Gasteiger partial charge in [0.25, 0.3) is 0 Å². The van der Waals surface area contributed by atoms with Crippen molar-refractivity contribution in [2.75, 3.05) is 0 Å². The molecule has 1 fully saturated rings. The number of hydrogen-bond donors (Lipinski definition) is 1. The summed E-state index contributed by atoms with van der Waals surface area (Å²) in [4.78, 5) is 1.44. The van der Waals surface area contributed by atoms with Crippen molar-refractivity contribution in [2.24, 2.45) is 11.3 Å². The maximum atomic E-state index is 10.6. The fraction of sp³-hybridized carbons (Fsp3) is 0.615. The first-order chi connectivity index (χ1) is 13.8. The number of thiophene rings is 1. The monoisotopic (exact) mass is 520 g/mol. The molecule has 2 aromatic rings. The predicted molar refractivity (Wildman–Crippen MR) is 126 cm³/mol. The molecular formula is C26H36ClOSY-. The number of halogens is 1. The molecule has 1 radical (unpaired) electrons. The Morgan fingerprint density at radius 2 is 1.87 bits per heavy atom. The normalized spacial score (nSPS) is 22.6. The first-order valence-electron chi connectivity index (χ1n) is 11.2. The van der Waals surface area contributed by atoms with E-state index in [-0.39, 0.29) is 44.2 Å². The van der Waals surface area contributed by atoms with E-state index in [0.717, 1.165) is 37.7 Å². The molecule has 3 rings (SSSR count). The van der Waals surface area contributed by atoms with Gasteiger partial charge in [-0.2, -0.15) is 6.07 Å². The van der Waals surface area contributed by atoms with Gasteiger partial charge >= 0.3 is 0 Å². The first kappa shape index (κ1) is 26.5. The van der Waals surface area contributed by atoms with E-state index in [1.54, 1.807) is 11.3 Å². The minimum atomic E-state index is -0.361. The van der Waals surface area contributed by atoms with Crippen LogP contribution in [-0.2, 0) is 39.1 Å². The van der Waals surface area contributed by atoms with E-state index in [9.17, 15) is 5.11 Å². The molecule has 1 N–H and O–H groups in total. The standard InChI is InChI=1S/C26H36ClOS.Y/c1-26(2,3)17-5-10-24(28)19-11-13-21(14-12-19)25-20(15-16-23(25)27)7-4-8-22-9-6-18-29-22;/h6,9,11-14,20,23-25,28H,4-5,7-8,10,15-17H2,1-3H3;/q-1;. The van der Waals surface area contributed by atoms with Crippen molar-refractivity contribution in [1.29, 1.82) is 0 Å². The molecule has 1 heterocycles. The zero-order chi connectivity index (χ0) is 20.9. The van der Waals surface area contributed by atoms with E-state index in [4.69, 9.17) is 11.6 Å². The maximum Gasteiger partial charge on any atom is 0.0790 e. The van der Waals surface area contributed by atoms with Crippen molar-refractivity contribution in [3.05, 3.63) is 57.8 Å². The van der Waals surface area contributed by atoms with E-state index < -0.39 is 0 Å². The van der Waals surface area contributed by atoms with Gasteiger partial charge in [-0.05, 0) is 48.1 Å². The van der Waals surface area contributed by atoms with Crippen LogP contribution in [0, 0.1) is 16.7 Å². The molecule has 1 aliphatic rings. The smallest absolute Gasteiger partial charge is 0.0790 e. The molecule has 0 spiro atoms.